The zero-order valence-electron chi connectivity index (χ0n) is 13.0. The third-order valence-electron chi connectivity index (χ3n) is 3.65. The molecule has 5 nitrogen and oxygen atoms in total. The Bertz CT molecular complexity index is 588. The first-order valence-electron chi connectivity index (χ1n) is 7.36. The van der Waals surface area contributed by atoms with Gasteiger partial charge in [-0.3, -0.25) is 0 Å². The Balaban J connectivity index is 2.59. The van der Waals surface area contributed by atoms with Gasteiger partial charge in [0.05, 0.1) is 5.69 Å². The maximum Gasteiger partial charge on any atom is 0.260 e. The maximum absolute atomic E-state index is 12.5. The van der Waals surface area contributed by atoms with Crippen LogP contribution in [0.2, 0.25) is 0 Å². The molecule has 1 aromatic heterocycles. The fourth-order valence-electron chi connectivity index (χ4n) is 2.87. The molecule has 0 saturated heterocycles. The van der Waals surface area contributed by atoms with Crippen LogP contribution in [0.15, 0.2) is 5.03 Å². The Morgan fingerprint density at radius 2 is 1.95 bits per heavy atom. The van der Waals surface area contributed by atoms with Crippen LogP contribution in [0.25, 0.3) is 0 Å². The predicted octanol–water partition coefficient (Wildman–Crippen LogP) is 2.59. The van der Waals surface area contributed by atoms with Crippen molar-refractivity contribution < 1.29 is 8.42 Å². The number of hydrogen-bond donors (Lipinski definition) is 1. The van der Waals surface area contributed by atoms with Gasteiger partial charge < -0.3 is 4.57 Å². The van der Waals surface area contributed by atoms with Crippen LogP contribution in [0.5, 0.6) is 0 Å². The Kier molecular flexibility index (Phi) is 4.25. The zero-order chi connectivity index (χ0) is 15.1. The number of hydrogen-bond acceptors (Lipinski definition) is 3. The molecule has 1 aliphatic heterocycles. The van der Waals surface area contributed by atoms with E-state index in [4.69, 9.17) is 0 Å². The van der Waals surface area contributed by atoms with Crippen molar-refractivity contribution in [3.8, 4) is 0 Å². The van der Waals surface area contributed by atoms with Gasteiger partial charge in [-0.15, -0.1) is 0 Å². The highest BCUT2D eigenvalue weighted by Gasteiger charge is 2.32. The molecule has 1 atom stereocenters. The van der Waals surface area contributed by atoms with E-state index < -0.39 is 10.0 Å². The molecular weight excluding hydrogens is 274 g/mol. The normalized spacial score (nSPS) is 19.6. The van der Waals surface area contributed by atoms with Gasteiger partial charge in [0.15, 0.2) is 5.03 Å². The summed E-state index contributed by atoms with van der Waals surface area (Å²) >= 11 is 0. The summed E-state index contributed by atoms with van der Waals surface area (Å²) in [7, 11) is -3.53. The lowest BCUT2D eigenvalue weighted by Gasteiger charge is -2.24. The third-order valence-corrected chi connectivity index (χ3v) is 5.24. The van der Waals surface area contributed by atoms with E-state index in [1.165, 1.54) is 0 Å². The van der Waals surface area contributed by atoms with Gasteiger partial charge in [0.2, 0.25) is 0 Å². The fraction of sp³-hybridized carbons (Fsp3) is 0.786. The Morgan fingerprint density at radius 1 is 1.30 bits per heavy atom. The molecule has 0 amide bonds. The van der Waals surface area contributed by atoms with Gasteiger partial charge in [0.1, 0.15) is 5.82 Å². The Labute approximate surface area is 121 Å². The molecule has 6 heteroatoms. The predicted molar refractivity (Wildman–Crippen MR) is 79.4 cm³/mol. The number of sulfonamides is 1. The second-order valence-corrected chi connectivity index (χ2v) is 7.92. The van der Waals surface area contributed by atoms with Crippen molar-refractivity contribution in [2.45, 2.75) is 76.9 Å². The van der Waals surface area contributed by atoms with Crippen LogP contribution in [-0.4, -0.2) is 24.0 Å². The first-order valence-corrected chi connectivity index (χ1v) is 8.85. The summed E-state index contributed by atoms with van der Waals surface area (Å²) in [6.07, 6.45) is 2.11. The molecule has 0 fully saturated rings. The van der Waals surface area contributed by atoms with Crippen molar-refractivity contribution in [2.75, 3.05) is 0 Å². The molecule has 1 aliphatic rings. The van der Waals surface area contributed by atoms with E-state index in [1.807, 2.05) is 13.8 Å². The van der Waals surface area contributed by atoms with Gasteiger partial charge in [0, 0.05) is 18.5 Å². The summed E-state index contributed by atoms with van der Waals surface area (Å²) in [5.41, 5.74) is 0.883. The van der Waals surface area contributed by atoms with Gasteiger partial charge in [-0.05, 0) is 32.6 Å². The summed E-state index contributed by atoms with van der Waals surface area (Å²) in [4.78, 5) is 4.48. The minimum Gasteiger partial charge on any atom is -0.330 e. The fourth-order valence-corrected chi connectivity index (χ4v) is 4.40. The van der Waals surface area contributed by atoms with Crippen LogP contribution in [0.4, 0.5) is 0 Å². The number of aromatic nitrogens is 2. The summed E-state index contributed by atoms with van der Waals surface area (Å²) < 4.78 is 29.8. The minimum absolute atomic E-state index is 0.126. The SMILES string of the molecule is CC(C)NS(=O)(=O)c1nc(C(C)C)n2c1C(C)CCC2. The lowest BCUT2D eigenvalue weighted by atomic mass is 9.98. The monoisotopic (exact) mass is 299 g/mol. The molecular formula is C14H25N3O2S. The molecule has 0 aromatic carbocycles. The molecule has 0 bridgehead atoms. The topological polar surface area (TPSA) is 64.0 Å². The molecule has 0 radical (unpaired) electrons. The van der Waals surface area contributed by atoms with Gasteiger partial charge >= 0.3 is 0 Å². The second kappa shape index (κ2) is 5.48. The van der Waals surface area contributed by atoms with E-state index in [1.54, 1.807) is 0 Å². The van der Waals surface area contributed by atoms with Gasteiger partial charge in [0.25, 0.3) is 10.0 Å². The van der Waals surface area contributed by atoms with Crippen molar-refractivity contribution in [3.63, 3.8) is 0 Å². The number of nitrogens with zero attached hydrogens (tertiary/aromatic N) is 2. The lowest BCUT2D eigenvalue weighted by molar-refractivity contribution is 0.451. The summed E-state index contributed by atoms with van der Waals surface area (Å²) in [6.45, 7) is 10.7. The summed E-state index contributed by atoms with van der Waals surface area (Å²) in [5, 5.41) is 0.238. The second-order valence-electron chi connectivity index (χ2n) is 6.29. The molecule has 0 saturated carbocycles. The zero-order valence-corrected chi connectivity index (χ0v) is 13.8. The molecule has 2 heterocycles. The van der Waals surface area contributed by atoms with E-state index in [-0.39, 0.29) is 22.9 Å². The standard InChI is InChI=1S/C14H25N3O2S/c1-9(2)13-15-14(20(18,19)16-10(3)4)12-11(5)7-6-8-17(12)13/h9-11,16H,6-8H2,1-5H3. The smallest absolute Gasteiger partial charge is 0.260 e. The van der Waals surface area contributed by atoms with Gasteiger partial charge in [-0.1, -0.05) is 20.8 Å². The maximum atomic E-state index is 12.5. The van der Waals surface area contributed by atoms with Crippen molar-refractivity contribution in [3.05, 3.63) is 11.5 Å². The highest BCUT2D eigenvalue weighted by Crippen LogP contribution is 2.34. The molecule has 2 rings (SSSR count). The highest BCUT2D eigenvalue weighted by atomic mass is 32.2. The van der Waals surface area contributed by atoms with Crippen LogP contribution in [0.1, 0.15) is 70.8 Å². The number of rotatable bonds is 4. The van der Waals surface area contributed by atoms with Gasteiger partial charge in [-0.2, -0.15) is 0 Å². The van der Waals surface area contributed by atoms with Gasteiger partial charge in [-0.25, -0.2) is 18.1 Å². The molecule has 114 valence electrons. The summed E-state index contributed by atoms with van der Waals surface area (Å²) in [6, 6.07) is -0.126. The van der Waals surface area contributed by atoms with Crippen LogP contribution < -0.4 is 4.72 Å². The lowest BCUT2D eigenvalue weighted by Crippen LogP contribution is -2.31. The first-order chi connectivity index (χ1) is 9.24. The van der Waals surface area contributed by atoms with Crippen molar-refractivity contribution in [2.24, 2.45) is 0 Å². The van der Waals surface area contributed by atoms with E-state index in [2.05, 4.69) is 35.0 Å². The molecule has 1 aromatic rings. The molecule has 0 aliphatic carbocycles. The van der Waals surface area contributed by atoms with E-state index >= 15 is 0 Å². The third kappa shape index (κ3) is 2.76. The average Bonchev–Trinajstić information content (AvgIpc) is 2.68. The van der Waals surface area contributed by atoms with Crippen LogP contribution in [0.3, 0.4) is 0 Å². The molecule has 0 spiro atoms. The number of fused-ring (bicyclic) bond motifs is 1. The molecule has 1 N–H and O–H groups in total. The minimum atomic E-state index is -3.53. The molecule has 20 heavy (non-hydrogen) atoms. The first kappa shape index (κ1) is 15.5. The van der Waals surface area contributed by atoms with E-state index in [0.29, 0.717) is 0 Å². The van der Waals surface area contributed by atoms with Crippen LogP contribution in [-0.2, 0) is 16.6 Å². The highest BCUT2D eigenvalue weighted by molar-refractivity contribution is 7.89. The quantitative estimate of drug-likeness (QED) is 0.929. The average molecular weight is 299 g/mol. The number of imidazole rings is 1. The Hall–Kier alpha value is -0.880. The van der Waals surface area contributed by atoms with Crippen LogP contribution >= 0.6 is 0 Å². The van der Waals surface area contributed by atoms with Crippen molar-refractivity contribution >= 4 is 10.0 Å². The van der Waals surface area contributed by atoms with E-state index in [0.717, 1.165) is 30.9 Å². The van der Waals surface area contributed by atoms with Crippen molar-refractivity contribution in [1.29, 1.82) is 0 Å². The van der Waals surface area contributed by atoms with Crippen LogP contribution in [0, 0.1) is 0 Å². The largest absolute Gasteiger partial charge is 0.330 e. The molecule has 1 unspecified atom stereocenters. The summed E-state index contributed by atoms with van der Waals surface area (Å²) in [5.74, 6) is 1.35. The van der Waals surface area contributed by atoms with E-state index in [9.17, 15) is 8.42 Å². The van der Waals surface area contributed by atoms with Crippen molar-refractivity contribution in [1.82, 2.24) is 14.3 Å². The Morgan fingerprint density at radius 3 is 2.50 bits per heavy atom. The number of nitrogens with one attached hydrogen (secondary N) is 1.